The second kappa shape index (κ2) is 7.94. The Morgan fingerprint density at radius 2 is 2.14 bits per heavy atom. The Bertz CT molecular complexity index is 524. The maximum atomic E-state index is 12.2. The zero-order valence-electron chi connectivity index (χ0n) is 13.4. The second-order valence-electron chi connectivity index (χ2n) is 5.74. The van der Waals surface area contributed by atoms with E-state index < -0.39 is 0 Å². The van der Waals surface area contributed by atoms with Gasteiger partial charge in [-0.2, -0.15) is 0 Å². The molecule has 0 saturated carbocycles. The monoisotopic (exact) mass is 303 g/mol. The first-order chi connectivity index (χ1) is 10.6. The van der Waals surface area contributed by atoms with Crippen molar-refractivity contribution < 1.29 is 9.59 Å². The number of carbonyl (C=O) groups is 2. The molecule has 0 bridgehead atoms. The number of benzene rings is 1. The molecule has 1 fully saturated rings. The van der Waals surface area contributed by atoms with Gasteiger partial charge in [0.05, 0.1) is 0 Å². The molecule has 0 radical (unpaired) electrons. The van der Waals surface area contributed by atoms with Crippen molar-refractivity contribution in [2.75, 3.05) is 18.4 Å². The van der Waals surface area contributed by atoms with E-state index in [1.807, 2.05) is 31.2 Å². The van der Waals surface area contributed by atoms with Crippen molar-refractivity contribution >= 4 is 17.5 Å². The van der Waals surface area contributed by atoms with E-state index in [4.69, 9.17) is 0 Å². The Kier molecular flexibility index (Phi) is 5.95. The first-order valence-electron chi connectivity index (χ1n) is 7.96. The molecule has 1 aliphatic rings. The largest absolute Gasteiger partial charge is 0.339 e. The van der Waals surface area contributed by atoms with Crippen molar-refractivity contribution in [3.63, 3.8) is 0 Å². The van der Waals surface area contributed by atoms with Crippen molar-refractivity contribution in [3.8, 4) is 0 Å². The minimum absolute atomic E-state index is 0.0257. The molecule has 0 spiro atoms. The van der Waals surface area contributed by atoms with Gasteiger partial charge in [0.2, 0.25) is 11.8 Å². The number of nitrogens with zero attached hydrogens (tertiary/aromatic N) is 1. The molecule has 1 aromatic carbocycles. The van der Waals surface area contributed by atoms with Gasteiger partial charge in [0, 0.05) is 38.2 Å². The predicted octanol–water partition coefficient (Wildman–Crippen LogP) is 2.14. The predicted molar refractivity (Wildman–Crippen MR) is 87.5 cm³/mol. The summed E-state index contributed by atoms with van der Waals surface area (Å²) in [4.78, 5) is 25.5. The van der Waals surface area contributed by atoms with Gasteiger partial charge in [-0.05, 0) is 37.9 Å². The Hall–Kier alpha value is -1.88. The summed E-state index contributed by atoms with van der Waals surface area (Å²) in [6, 6.07) is 7.96. The van der Waals surface area contributed by atoms with E-state index in [0.29, 0.717) is 19.5 Å². The summed E-state index contributed by atoms with van der Waals surface area (Å²) >= 11 is 0. The van der Waals surface area contributed by atoms with Gasteiger partial charge in [-0.25, -0.2) is 0 Å². The summed E-state index contributed by atoms with van der Waals surface area (Å²) in [5, 5.41) is 6.32. The summed E-state index contributed by atoms with van der Waals surface area (Å²) in [6.45, 7) is 5.69. The van der Waals surface area contributed by atoms with Gasteiger partial charge < -0.3 is 15.5 Å². The van der Waals surface area contributed by atoms with E-state index >= 15 is 0 Å². The average Bonchev–Trinajstić information content (AvgIpc) is 2.98. The Morgan fingerprint density at radius 3 is 2.77 bits per heavy atom. The molecule has 5 heteroatoms. The third kappa shape index (κ3) is 4.56. The fourth-order valence-electron chi connectivity index (χ4n) is 2.79. The number of carbonyl (C=O) groups excluding carboxylic acids is 2. The van der Waals surface area contributed by atoms with E-state index in [-0.39, 0.29) is 17.9 Å². The van der Waals surface area contributed by atoms with E-state index in [9.17, 15) is 9.59 Å². The van der Waals surface area contributed by atoms with Crippen molar-refractivity contribution in [2.24, 2.45) is 0 Å². The smallest absolute Gasteiger partial charge is 0.225 e. The Balaban J connectivity index is 2.00. The quantitative estimate of drug-likeness (QED) is 0.846. The lowest BCUT2D eigenvalue weighted by molar-refractivity contribution is -0.129. The van der Waals surface area contributed by atoms with Gasteiger partial charge >= 0.3 is 0 Å². The molecule has 2 N–H and O–H groups in total. The first-order valence-corrected chi connectivity index (χ1v) is 7.96. The minimum Gasteiger partial charge on any atom is -0.339 e. The third-order valence-electron chi connectivity index (χ3n) is 4.07. The number of rotatable bonds is 6. The molecule has 1 aromatic rings. The third-order valence-corrected chi connectivity index (χ3v) is 4.07. The summed E-state index contributed by atoms with van der Waals surface area (Å²) in [7, 11) is 0. The van der Waals surface area contributed by atoms with Crippen LogP contribution in [-0.2, 0) is 16.1 Å². The number of amides is 2. The number of anilines is 1. The first kappa shape index (κ1) is 16.5. The molecule has 1 unspecified atom stereocenters. The van der Waals surface area contributed by atoms with Gasteiger partial charge in [0.25, 0.3) is 0 Å². The molecule has 1 saturated heterocycles. The van der Waals surface area contributed by atoms with E-state index in [1.165, 1.54) is 0 Å². The van der Waals surface area contributed by atoms with Gasteiger partial charge in [-0.1, -0.05) is 18.2 Å². The number of para-hydroxylation sites is 1. The van der Waals surface area contributed by atoms with Crippen LogP contribution in [0.25, 0.3) is 0 Å². The molecular formula is C17H25N3O2. The van der Waals surface area contributed by atoms with Crippen LogP contribution in [0.1, 0.15) is 38.7 Å². The standard InChI is InChI=1S/C17H25N3O2/c1-3-20(13(2)21)12-14-7-4-5-9-16(14)19-17(22)11-15-8-6-10-18-15/h4-5,7,9,15,18H,3,6,8,10-12H2,1-2H3,(H,19,22). The lowest BCUT2D eigenvalue weighted by Crippen LogP contribution is -2.29. The lowest BCUT2D eigenvalue weighted by atomic mass is 10.1. The molecule has 22 heavy (non-hydrogen) atoms. The van der Waals surface area contributed by atoms with Crippen LogP contribution in [0.5, 0.6) is 0 Å². The molecule has 1 heterocycles. The van der Waals surface area contributed by atoms with Gasteiger partial charge in [0.15, 0.2) is 0 Å². The van der Waals surface area contributed by atoms with Crippen LogP contribution in [0.4, 0.5) is 5.69 Å². The van der Waals surface area contributed by atoms with E-state index in [2.05, 4.69) is 10.6 Å². The van der Waals surface area contributed by atoms with E-state index in [0.717, 1.165) is 30.6 Å². The number of hydrogen-bond acceptors (Lipinski definition) is 3. The molecule has 2 amide bonds. The molecule has 1 aliphatic heterocycles. The van der Waals surface area contributed by atoms with Crippen LogP contribution in [0, 0.1) is 0 Å². The second-order valence-corrected chi connectivity index (χ2v) is 5.74. The molecule has 5 nitrogen and oxygen atoms in total. The highest BCUT2D eigenvalue weighted by Gasteiger charge is 2.18. The Morgan fingerprint density at radius 1 is 1.36 bits per heavy atom. The highest BCUT2D eigenvalue weighted by atomic mass is 16.2. The fraction of sp³-hybridized carbons (Fsp3) is 0.529. The van der Waals surface area contributed by atoms with Gasteiger partial charge in [-0.15, -0.1) is 0 Å². The summed E-state index contributed by atoms with van der Waals surface area (Å²) in [5.41, 5.74) is 1.76. The zero-order valence-corrected chi connectivity index (χ0v) is 13.4. The fourth-order valence-corrected chi connectivity index (χ4v) is 2.79. The highest BCUT2D eigenvalue weighted by Crippen LogP contribution is 2.18. The molecule has 120 valence electrons. The lowest BCUT2D eigenvalue weighted by Gasteiger charge is -2.21. The maximum Gasteiger partial charge on any atom is 0.225 e. The average molecular weight is 303 g/mol. The number of nitrogens with one attached hydrogen (secondary N) is 2. The topological polar surface area (TPSA) is 61.4 Å². The maximum absolute atomic E-state index is 12.2. The van der Waals surface area contributed by atoms with Crippen LogP contribution in [0.2, 0.25) is 0 Å². The Labute approximate surface area is 132 Å². The van der Waals surface area contributed by atoms with Crippen LogP contribution < -0.4 is 10.6 Å². The summed E-state index contributed by atoms with van der Waals surface area (Å²) in [5.74, 6) is 0.0662. The highest BCUT2D eigenvalue weighted by molar-refractivity contribution is 5.92. The minimum atomic E-state index is 0.0257. The normalized spacial score (nSPS) is 17.3. The van der Waals surface area contributed by atoms with Crippen molar-refractivity contribution in [2.45, 2.75) is 45.7 Å². The van der Waals surface area contributed by atoms with Crippen molar-refractivity contribution in [1.82, 2.24) is 10.2 Å². The van der Waals surface area contributed by atoms with E-state index in [1.54, 1.807) is 11.8 Å². The number of hydrogen-bond donors (Lipinski definition) is 2. The van der Waals surface area contributed by atoms with Gasteiger partial charge in [0.1, 0.15) is 0 Å². The summed E-state index contributed by atoms with van der Waals surface area (Å²) in [6.07, 6.45) is 2.69. The molecule has 0 aliphatic carbocycles. The summed E-state index contributed by atoms with van der Waals surface area (Å²) < 4.78 is 0. The van der Waals surface area contributed by atoms with Crippen LogP contribution in [0.3, 0.4) is 0 Å². The molecule has 2 rings (SSSR count). The van der Waals surface area contributed by atoms with Crippen LogP contribution in [-0.4, -0.2) is 35.8 Å². The molecular weight excluding hydrogens is 278 g/mol. The molecule has 0 aromatic heterocycles. The zero-order chi connectivity index (χ0) is 15.9. The van der Waals surface area contributed by atoms with Crippen LogP contribution >= 0.6 is 0 Å². The molecule has 1 atom stereocenters. The van der Waals surface area contributed by atoms with Crippen LogP contribution in [0.15, 0.2) is 24.3 Å². The SMILES string of the molecule is CCN(Cc1ccccc1NC(=O)CC1CCCN1)C(C)=O. The van der Waals surface area contributed by atoms with Crippen molar-refractivity contribution in [1.29, 1.82) is 0 Å². The van der Waals surface area contributed by atoms with Gasteiger partial charge in [-0.3, -0.25) is 9.59 Å². The van der Waals surface area contributed by atoms with Crippen molar-refractivity contribution in [3.05, 3.63) is 29.8 Å².